The predicted molar refractivity (Wildman–Crippen MR) is 79.2 cm³/mol. The van der Waals surface area contributed by atoms with Crippen LogP contribution in [0.1, 0.15) is 38.1 Å². The third kappa shape index (κ3) is 4.05. The second-order valence-corrected chi connectivity index (χ2v) is 5.67. The third-order valence-electron chi connectivity index (χ3n) is 4.15. The topological polar surface area (TPSA) is 33.1 Å². The summed E-state index contributed by atoms with van der Waals surface area (Å²) >= 11 is 0. The van der Waals surface area contributed by atoms with Crippen LogP contribution in [-0.2, 0) is 19.5 Å². The van der Waals surface area contributed by atoms with E-state index in [0.29, 0.717) is 0 Å². The molecule has 0 aliphatic carbocycles. The van der Waals surface area contributed by atoms with Gasteiger partial charge >= 0.3 is 0 Å². The zero-order valence-corrected chi connectivity index (χ0v) is 12.7. The molecule has 0 spiro atoms. The first kappa shape index (κ1) is 14.5. The van der Waals surface area contributed by atoms with Gasteiger partial charge in [-0.05, 0) is 64.9 Å². The maximum Gasteiger partial charge on any atom is 0.0625 e. The Balaban J connectivity index is 1.77. The number of likely N-dealkylation sites (tertiary alicyclic amines) is 1. The van der Waals surface area contributed by atoms with Gasteiger partial charge in [0.25, 0.3) is 0 Å². The molecule has 0 amide bonds. The fourth-order valence-electron chi connectivity index (χ4n) is 2.77. The number of hydrogen-bond donors (Lipinski definition) is 1. The molecule has 19 heavy (non-hydrogen) atoms. The van der Waals surface area contributed by atoms with Crippen LogP contribution in [0.15, 0.2) is 6.07 Å². The molecule has 1 saturated heterocycles. The Morgan fingerprint density at radius 2 is 2.05 bits per heavy atom. The third-order valence-corrected chi connectivity index (χ3v) is 4.15. The van der Waals surface area contributed by atoms with Crippen molar-refractivity contribution >= 4 is 0 Å². The van der Waals surface area contributed by atoms with E-state index in [2.05, 4.69) is 47.0 Å². The van der Waals surface area contributed by atoms with E-state index in [0.717, 1.165) is 32.0 Å². The first-order valence-electron chi connectivity index (χ1n) is 7.67. The van der Waals surface area contributed by atoms with Crippen LogP contribution in [0.25, 0.3) is 0 Å². The van der Waals surface area contributed by atoms with Gasteiger partial charge in [0, 0.05) is 13.1 Å². The summed E-state index contributed by atoms with van der Waals surface area (Å²) in [7, 11) is 2.22. The maximum absolute atomic E-state index is 4.59. The maximum atomic E-state index is 4.59. The first-order chi connectivity index (χ1) is 9.22. The Morgan fingerprint density at radius 3 is 2.68 bits per heavy atom. The highest BCUT2D eigenvalue weighted by molar-refractivity contribution is 5.10. The average molecular weight is 264 g/mol. The van der Waals surface area contributed by atoms with Crippen molar-refractivity contribution in [3.05, 3.63) is 17.5 Å². The number of piperidine rings is 1. The zero-order chi connectivity index (χ0) is 13.7. The van der Waals surface area contributed by atoms with Gasteiger partial charge in [0.2, 0.25) is 0 Å². The standard InChI is InChI=1S/C15H28N4/c1-4-14-10-15(19(5-2)17-14)12-16-11-13-6-8-18(3)9-7-13/h10,13,16H,4-9,11-12H2,1-3H3. The molecule has 1 N–H and O–H groups in total. The monoisotopic (exact) mass is 264 g/mol. The largest absolute Gasteiger partial charge is 0.311 e. The van der Waals surface area contributed by atoms with Gasteiger partial charge in [-0.15, -0.1) is 0 Å². The van der Waals surface area contributed by atoms with Crippen molar-refractivity contribution in [2.45, 2.75) is 46.2 Å². The highest BCUT2D eigenvalue weighted by Gasteiger charge is 2.16. The minimum atomic E-state index is 0.847. The van der Waals surface area contributed by atoms with E-state index in [4.69, 9.17) is 0 Å². The minimum absolute atomic E-state index is 0.847. The van der Waals surface area contributed by atoms with E-state index < -0.39 is 0 Å². The van der Waals surface area contributed by atoms with Crippen molar-refractivity contribution in [2.75, 3.05) is 26.7 Å². The Kier molecular flexibility index (Phi) is 5.40. The Hall–Kier alpha value is -0.870. The molecule has 0 bridgehead atoms. The van der Waals surface area contributed by atoms with Gasteiger partial charge in [0.05, 0.1) is 11.4 Å². The lowest BCUT2D eigenvalue weighted by Crippen LogP contribution is -2.35. The fourth-order valence-corrected chi connectivity index (χ4v) is 2.77. The highest BCUT2D eigenvalue weighted by atomic mass is 15.3. The van der Waals surface area contributed by atoms with Crippen LogP contribution in [0.4, 0.5) is 0 Å². The summed E-state index contributed by atoms with van der Waals surface area (Å²) in [4.78, 5) is 2.43. The molecule has 1 aromatic rings. The molecule has 1 aliphatic heterocycles. The predicted octanol–water partition coefficient (Wildman–Crippen LogP) is 1.90. The van der Waals surface area contributed by atoms with Crippen molar-refractivity contribution in [2.24, 2.45) is 5.92 Å². The van der Waals surface area contributed by atoms with Crippen LogP contribution in [0.2, 0.25) is 0 Å². The van der Waals surface area contributed by atoms with E-state index in [1.165, 1.54) is 37.3 Å². The molecule has 0 unspecified atom stereocenters. The average Bonchev–Trinajstić information content (AvgIpc) is 2.83. The normalized spacial score (nSPS) is 18.1. The van der Waals surface area contributed by atoms with Crippen LogP contribution in [0.5, 0.6) is 0 Å². The molecular formula is C15H28N4. The number of nitrogens with zero attached hydrogens (tertiary/aromatic N) is 3. The van der Waals surface area contributed by atoms with Crippen molar-refractivity contribution in [3.63, 3.8) is 0 Å². The summed E-state index contributed by atoms with van der Waals surface area (Å²) in [5.74, 6) is 0.847. The molecule has 0 atom stereocenters. The Bertz CT molecular complexity index is 377. The van der Waals surface area contributed by atoms with E-state index in [9.17, 15) is 0 Å². The summed E-state index contributed by atoms with van der Waals surface area (Å²) < 4.78 is 2.13. The van der Waals surface area contributed by atoms with E-state index in [-0.39, 0.29) is 0 Å². The highest BCUT2D eigenvalue weighted by Crippen LogP contribution is 2.15. The molecule has 108 valence electrons. The molecule has 0 saturated carbocycles. The van der Waals surface area contributed by atoms with Crippen LogP contribution < -0.4 is 5.32 Å². The number of nitrogens with one attached hydrogen (secondary N) is 1. The number of hydrogen-bond acceptors (Lipinski definition) is 3. The summed E-state index contributed by atoms with van der Waals surface area (Å²) in [6.45, 7) is 9.88. The smallest absolute Gasteiger partial charge is 0.0625 e. The Labute approximate surface area is 117 Å². The molecule has 1 aromatic heterocycles. The lowest BCUT2D eigenvalue weighted by Gasteiger charge is -2.29. The van der Waals surface area contributed by atoms with Gasteiger partial charge < -0.3 is 10.2 Å². The first-order valence-corrected chi connectivity index (χ1v) is 7.67. The van der Waals surface area contributed by atoms with Crippen molar-refractivity contribution in [1.82, 2.24) is 20.0 Å². The molecular weight excluding hydrogens is 236 g/mol. The molecule has 2 rings (SSSR count). The van der Waals surface area contributed by atoms with Gasteiger partial charge in [0.15, 0.2) is 0 Å². The molecule has 4 heteroatoms. The summed E-state index contributed by atoms with van der Waals surface area (Å²) in [6, 6.07) is 2.24. The second kappa shape index (κ2) is 7.06. The number of aryl methyl sites for hydroxylation is 2. The van der Waals surface area contributed by atoms with Crippen molar-refractivity contribution in [1.29, 1.82) is 0 Å². The van der Waals surface area contributed by atoms with Crippen molar-refractivity contribution < 1.29 is 0 Å². The Morgan fingerprint density at radius 1 is 1.32 bits per heavy atom. The van der Waals surface area contributed by atoms with Gasteiger partial charge in [-0.2, -0.15) is 5.10 Å². The van der Waals surface area contributed by atoms with Gasteiger partial charge in [-0.3, -0.25) is 4.68 Å². The molecule has 0 radical (unpaired) electrons. The SMILES string of the molecule is CCc1cc(CNCC2CCN(C)CC2)n(CC)n1. The lowest BCUT2D eigenvalue weighted by molar-refractivity contribution is 0.215. The second-order valence-electron chi connectivity index (χ2n) is 5.67. The number of rotatable bonds is 6. The molecule has 4 nitrogen and oxygen atoms in total. The summed E-state index contributed by atoms with van der Waals surface area (Å²) in [6.07, 6.45) is 3.68. The minimum Gasteiger partial charge on any atom is -0.311 e. The lowest BCUT2D eigenvalue weighted by atomic mass is 9.97. The summed E-state index contributed by atoms with van der Waals surface area (Å²) in [5.41, 5.74) is 2.53. The molecule has 1 fully saturated rings. The van der Waals surface area contributed by atoms with E-state index in [1.807, 2.05) is 0 Å². The quantitative estimate of drug-likeness (QED) is 0.852. The van der Waals surface area contributed by atoms with E-state index in [1.54, 1.807) is 0 Å². The van der Waals surface area contributed by atoms with Gasteiger partial charge in [-0.25, -0.2) is 0 Å². The molecule has 1 aliphatic rings. The molecule has 0 aromatic carbocycles. The van der Waals surface area contributed by atoms with Crippen molar-refractivity contribution in [3.8, 4) is 0 Å². The van der Waals surface area contributed by atoms with Gasteiger partial charge in [-0.1, -0.05) is 6.92 Å². The fraction of sp³-hybridized carbons (Fsp3) is 0.800. The van der Waals surface area contributed by atoms with Crippen LogP contribution in [0, 0.1) is 5.92 Å². The summed E-state index contributed by atoms with van der Waals surface area (Å²) in [5, 5.41) is 8.21. The molecule has 2 heterocycles. The number of aromatic nitrogens is 2. The van der Waals surface area contributed by atoms with E-state index >= 15 is 0 Å². The van der Waals surface area contributed by atoms with Gasteiger partial charge in [0.1, 0.15) is 0 Å². The van der Waals surface area contributed by atoms with Crippen LogP contribution in [-0.4, -0.2) is 41.4 Å². The van der Waals surface area contributed by atoms with Crippen LogP contribution >= 0.6 is 0 Å². The van der Waals surface area contributed by atoms with Crippen LogP contribution in [0.3, 0.4) is 0 Å². The zero-order valence-electron chi connectivity index (χ0n) is 12.7.